The van der Waals surface area contributed by atoms with Gasteiger partial charge in [-0.05, 0) is 35.9 Å². The van der Waals surface area contributed by atoms with Crippen molar-refractivity contribution in [3.05, 3.63) is 57.7 Å². The molecule has 0 bridgehead atoms. The maximum atomic E-state index is 13.5. The summed E-state index contributed by atoms with van der Waals surface area (Å²) in [6, 6.07) is 10.3. The van der Waals surface area contributed by atoms with Crippen LogP contribution >= 0.6 is 22.9 Å². The molecule has 30 heavy (non-hydrogen) atoms. The van der Waals surface area contributed by atoms with Crippen LogP contribution in [-0.4, -0.2) is 56.1 Å². The molecule has 3 aromatic rings. The van der Waals surface area contributed by atoms with Gasteiger partial charge in [0.25, 0.3) is 5.91 Å². The lowest BCUT2D eigenvalue weighted by molar-refractivity contribution is 0.0633. The maximum Gasteiger partial charge on any atom is 0.265 e. The number of carbonyl (C=O) groups excluding carboxylic acids is 1. The molecule has 1 aromatic heterocycles. The van der Waals surface area contributed by atoms with Crippen molar-refractivity contribution in [2.75, 3.05) is 40.4 Å². The summed E-state index contributed by atoms with van der Waals surface area (Å²) < 4.78 is 24.8. The van der Waals surface area contributed by atoms with Gasteiger partial charge in [0.2, 0.25) is 0 Å². The minimum Gasteiger partial charge on any atom is -0.493 e. The molecule has 4 rings (SSSR count). The van der Waals surface area contributed by atoms with Crippen molar-refractivity contribution < 1.29 is 18.7 Å². The normalized spacial score (nSPS) is 14.9. The van der Waals surface area contributed by atoms with Gasteiger partial charge in [0.1, 0.15) is 10.7 Å². The van der Waals surface area contributed by atoms with Gasteiger partial charge in [-0.15, -0.1) is 11.3 Å². The number of piperazine rings is 1. The summed E-state index contributed by atoms with van der Waals surface area (Å²) in [5, 5.41) is 1.13. The molecule has 0 saturated carbocycles. The zero-order valence-electron chi connectivity index (χ0n) is 16.8. The quantitative estimate of drug-likeness (QED) is 0.569. The zero-order valence-corrected chi connectivity index (χ0v) is 18.4. The third kappa shape index (κ3) is 4.10. The number of methoxy groups -OCH3 is 2. The SMILES string of the molecule is COc1ccc(CN2CCN(C(=O)c3sc4cc(F)ccc4c3Cl)CC2)cc1OC. The number of halogens is 2. The third-order valence-corrected chi connectivity index (χ3v) is 6.94. The summed E-state index contributed by atoms with van der Waals surface area (Å²) in [6.07, 6.45) is 0. The fraction of sp³-hybridized carbons (Fsp3) is 0.318. The fourth-order valence-electron chi connectivity index (χ4n) is 3.67. The molecule has 1 amide bonds. The number of fused-ring (bicyclic) bond motifs is 1. The number of carbonyl (C=O) groups is 1. The molecule has 0 atom stereocenters. The molecule has 1 saturated heterocycles. The number of hydrogen-bond acceptors (Lipinski definition) is 5. The molecule has 1 aliphatic rings. The molecule has 0 spiro atoms. The van der Waals surface area contributed by atoms with Crippen LogP contribution in [0.4, 0.5) is 4.39 Å². The largest absolute Gasteiger partial charge is 0.493 e. The summed E-state index contributed by atoms with van der Waals surface area (Å²) in [4.78, 5) is 17.6. The van der Waals surface area contributed by atoms with Gasteiger partial charge in [-0.2, -0.15) is 0 Å². The lowest BCUT2D eigenvalue weighted by Crippen LogP contribution is -2.48. The highest BCUT2D eigenvalue weighted by Gasteiger charge is 2.26. The average Bonchev–Trinajstić information content (AvgIpc) is 3.09. The highest BCUT2D eigenvalue weighted by molar-refractivity contribution is 7.21. The minimum atomic E-state index is -0.330. The van der Waals surface area contributed by atoms with Crippen LogP contribution in [0.25, 0.3) is 10.1 Å². The van der Waals surface area contributed by atoms with Gasteiger partial charge < -0.3 is 14.4 Å². The number of amides is 1. The molecule has 0 aliphatic carbocycles. The molecule has 5 nitrogen and oxygen atoms in total. The first-order valence-corrected chi connectivity index (χ1v) is 10.8. The Labute approximate surface area is 183 Å². The zero-order chi connectivity index (χ0) is 21.3. The van der Waals surface area contributed by atoms with E-state index in [1.807, 2.05) is 23.1 Å². The van der Waals surface area contributed by atoms with E-state index >= 15 is 0 Å². The number of ether oxygens (including phenoxy) is 2. The maximum absolute atomic E-state index is 13.5. The van der Waals surface area contributed by atoms with Gasteiger partial charge in [-0.1, -0.05) is 17.7 Å². The predicted molar refractivity (Wildman–Crippen MR) is 118 cm³/mol. The van der Waals surface area contributed by atoms with Crippen LogP contribution in [0.1, 0.15) is 15.2 Å². The average molecular weight is 449 g/mol. The third-order valence-electron chi connectivity index (χ3n) is 5.30. The molecule has 1 aliphatic heterocycles. The second kappa shape index (κ2) is 8.79. The number of rotatable bonds is 5. The first kappa shape index (κ1) is 20.9. The van der Waals surface area contributed by atoms with E-state index < -0.39 is 0 Å². The van der Waals surface area contributed by atoms with Gasteiger partial charge in [0.05, 0.1) is 19.2 Å². The van der Waals surface area contributed by atoms with E-state index in [1.54, 1.807) is 20.3 Å². The van der Waals surface area contributed by atoms with Crippen molar-refractivity contribution in [1.82, 2.24) is 9.80 Å². The topological polar surface area (TPSA) is 42.0 Å². The lowest BCUT2D eigenvalue weighted by Gasteiger charge is -2.34. The van der Waals surface area contributed by atoms with Gasteiger partial charge in [0.15, 0.2) is 11.5 Å². The highest BCUT2D eigenvalue weighted by Crippen LogP contribution is 2.36. The summed E-state index contributed by atoms with van der Waals surface area (Å²) in [5.41, 5.74) is 1.13. The van der Waals surface area contributed by atoms with Crippen molar-refractivity contribution in [3.8, 4) is 11.5 Å². The first-order chi connectivity index (χ1) is 14.5. The van der Waals surface area contributed by atoms with Crippen molar-refractivity contribution >= 4 is 38.9 Å². The molecule has 0 radical (unpaired) electrons. The second-order valence-electron chi connectivity index (χ2n) is 7.14. The first-order valence-electron chi connectivity index (χ1n) is 9.60. The predicted octanol–water partition coefficient (Wildman–Crippen LogP) is 4.67. The molecule has 2 heterocycles. The van der Waals surface area contributed by atoms with Crippen LogP contribution in [0.15, 0.2) is 36.4 Å². The standard InChI is InChI=1S/C22H22ClFN2O3S/c1-28-17-6-3-14(11-18(17)29-2)13-25-7-9-26(10-8-25)22(27)21-20(23)16-5-4-15(24)12-19(16)30-21/h3-6,11-12H,7-10,13H2,1-2H3. The van der Waals surface area contributed by atoms with E-state index in [0.717, 1.165) is 30.6 Å². The van der Waals surface area contributed by atoms with Crippen LogP contribution in [0, 0.1) is 5.82 Å². The number of benzene rings is 2. The highest BCUT2D eigenvalue weighted by atomic mass is 35.5. The smallest absolute Gasteiger partial charge is 0.265 e. The Morgan fingerprint density at radius 2 is 1.80 bits per heavy atom. The number of hydrogen-bond donors (Lipinski definition) is 0. The van der Waals surface area contributed by atoms with E-state index in [9.17, 15) is 9.18 Å². The Balaban J connectivity index is 1.41. The van der Waals surface area contributed by atoms with Crippen molar-refractivity contribution in [3.63, 3.8) is 0 Å². The monoisotopic (exact) mass is 448 g/mol. The van der Waals surface area contributed by atoms with Gasteiger partial charge >= 0.3 is 0 Å². The number of thiophene rings is 1. The van der Waals surface area contributed by atoms with E-state index in [-0.39, 0.29) is 11.7 Å². The van der Waals surface area contributed by atoms with Gasteiger partial charge in [-0.3, -0.25) is 9.69 Å². The Morgan fingerprint density at radius 3 is 2.50 bits per heavy atom. The summed E-state index contributed by atoms with van der Waals surface area (Å²) in [6.45, 7) is 3.52. The molecular formula is C22H22ClFN2O3S. The second-order valence-corrected chi connectivity index (χ2v) is 8.57. The fourth-order valence-corrected chi connectivity index (χ4v) is 5.17. The molecule has 8 heteroatoms. The minimum absolute atomic E-state index is 0.0904. The van der Waals surface area contributed by atoms with Crippen molar-refractivity contribution in [2.24, 2.45) is 0 Å². The molecule has 158 valence electrons. The molecule has 0 N–H and O–H groups in total. The van der Waals surface area contributed by atoms with Crippen LogP contribution < -0.4 is 9.47 Å². The lowest BCUT2D eigenvalue weighted by atomic mass is 10.1. The van der Waals surface area contributed by atoms with Crippen LogP contribution in [0.5, 0.6) is 11.5 Å². The summed E-state index contributed by atoms with van der Waals surface area (Å²) in [7, 11) is 3.24. The molecule has 1 fully saturated rings. The van der Waals surface area contributed by atoms with E-state index in [2.05, 4.69) is 4.90 Å². The van der Waals surface area contributed by atoms with Crippen LogP contribution in [0.3, 0.4) is 0 Å². The Kier molecular flexibility index (Phi) is 6.13. The van der Waals surface area contributed by atoms with E-state index in [0.29, 0.717) is 39.2 Å². The molecule has 2 aromatic carbocycles. The van der Waals surface area contributed by atoms with Gasteiger partial charge in [0, 0.05) is 42.8 Å². The van der Waals surface area contributed by atoms with Crippen LogP contribution in [-0.2, 0) is 6.54 Å². The molecule has 0 unspecified atom stereocenters. The Hall–Kier alpha value is -2.35. The Morgan fingerprint density at radius 1 is 1.07 bits per heavy atom. The van der Waals surface area contributed by atoms with Gasteiger partial charge in [-0.25, -0.2) is 4.39 Å². The number of nitrogens with zero attached hydrogens (tertiary/aromatic N) is 2. The Bertz CT molecular complexity index is 1080. The van der Waals surface area contributed by atoms with E-state index in [4.69, 9.17) is 21.1 Å². The summed E-state index contributed by atoms with van der Waals surface area (Å²) >= 11 is 7.67. The van der Waals surface area contributed by atoms with Crippen LogP contribution in [0.2, 0.25) is 5.02 Å². The summed E-state index contributed by atoms with van der Waals surface area (Å²) in [5.74, 6) is 0.993. The van der Waals surface area contributed by atoms with Crippen molar-refractivity contribution in [2.45, 2.75) is 6.54 Å². The van der Waals surface area contributed by atoms with Crippen molar-refractivity contribution in [1.29, 1.82) is 0 Å². The molecular weight excluding hydrogens is 427 g/mol. The van der Waals surface area contributed by atoms with E-state index in [1.165, 1.54) is 23.5 Å².